The summed E-state index contributed by atoms with van der Waals surface area (Å²) in [4.78, 5) is 27.2. The van der Waals surface area contributed by atoms with Crippen LogP contribution in [0.4, 0.5) is 5.69 Å². The molecule has 4 rings (SSSR count). The Labute approximate surface area is 149 Å². The molecule has 1 amide bonds. The number of imidazole rings is 1. The number of anilines is 1. The summed E-state index contributed by atoms with van der Waals surface area (Å²) < 4.78 is 1.43. The molecule has 1 heterocycles. The highest BCUT2D eigenvalue weighted by atomic mass is 16.2. The number of para-hydroxylation sites is 2. The van der Waals surface area contributed by atoms with Gasteiger partial charge in [0.2, 0.25) is 5.91 Å². The summed E-state index contributed by atoms with van der Waals surface area (Å²) in [6.07, 6.45) is 0. The maximum absolute atomic E-state index is 12.3. The first-order valence-electron chi connectivity index (χ1n) is 8.33. The summed E-state index contributed by atoms with van der Waals surface area (Å²) in [5, 5.41) is 2.84. The molecule has 0 saturated heterocycles. The van der Waals surface area contributed by atoms with E-state index in [0.29, 0.717) is 11.2 Å². The third kappa shape index (κ3) is 3.15. The molecular formula is C21H17N3O2. The molecule has 4 aromatic rings. The number of aromatic nitrogens is 2. The van der Waals surface area contributed by atoms with Gasteiger partial charge in [0.25, 0.3) is 0 Å². The number of hydrogen-bond acceptors (Lipinski definition) is 2. The van der Waals surface area contributed by atoms with Crippen molar-refractivity contribution >= 4 is 22.6 Å². The van der Waals surface area contributed by atoms with E-state index in [-0.39, 0.29) is 18.1 Å². The Balaban J connectivity index is 1.50. The van der Waals surface area contributed by atoms with Gasteiger partial charge in [-0.05, 0) is 35.4 Å². The molecule has 0 radical (unpaired) electrons. The van der Waals surface area contributed by atoms with Crippen molar-refractivity contribution in [3.8, 4) is 11.1 Å². The Bertz CT molecular complexity index is 1110. The third-order valence-electron chi connectivity index (χ3n) is 4.26. The second kappa shape index (κ2) is 6.72. The molecule has 3 aromatic carbocycles. The first-order valence-corrected chi connectivity index (χ1v) is 8.33. The maximum atomic E-state index is 12.3. The molecule has 0 bridgehead atoms. The lowest BCUT2D eigenvalue weighted by atomic mass is 10.1. The standard InChI is InChI=1S/C21H17N3O2/c25-20(14-24-19-9-5-4-8-18(19)23-21(24)26)22-17-12-10-16(11-13-17)15-6-2-1-3-7-15/h1-13H,14H2,(H,22,25)(H,23,26). The van der Waals surface area contributed by atoms with Crippen LogP contribution in [0.1, 0.15) is 0 Å². The molecule has 2 N–H and O–H groups in total. The number of H-pyrrole nitrogens is 1. The SMILES string of the molecule is O=C(Cn1c(=O)[nH]c2ccccc21)Nc1ccc(-c2ccccc2)cc1. The van der Waals surface area contributed by atoms with Gasteiger partial charge >= 0.3 is 5.69 Å². The Morgan fingerprint density at radius 2 is 1.50 bits per heavy atom. The van der Waals surface area contributed by atoms with Gasteiger partial charge in [-0.3, -0.25) is 9.36 Å². The lowest BCUT2D eigenvalue weighted by Gasteiger charge is -2.08. The zero-order valence-electron chi connectivity index (χ0n) is 14.0. The molecule has 0 aliphatic heterocycles. The highest BCUT2D eigenvalue weighted by molar-refractivity contribution is 5.91. The molecule has 5 nitrogen and oxygen atoms in total. The van der Waals surface area contributed by atoms with Crippen molar-refractivity contribution < 1.29 is 4.79 Å². The Kier molecular flexibility index (Phi) is 4.11. The van der Waals surface area contributed by atoms with E-state index in [1.807, 2.05) is 78.9 Å². The average Bonchev–Trinajstić information content (AvgIpc) is 2.98. The van der Waals surface area contributed by atoms with Crippen LogP contribution in [0.15, 0.2) is 83.7 Å². The largest absolute Gasteiger partial charge is 0.326 e. The fourth-order valence-corrected chi connectivity index (χ4v) is 2.98. The molecule has 0 atom stereocenters. The summed E-state index contributed by atoms with van der Waals surface area (Å²) in [7, 11) is 0. The van der Waals surface area contributed by atoms with Gasteiger partial charge < -0.3 is 10.3 Å². The third-order valence-corrected chi connectivity index (χ3v) is 4.26. The number of benzene rings is 3. The Hall–Kier alpha value is -3.60. The van der Waals surface area contributed by atoms with Gasteiger partial charge in [-0.2, -0.15) is 0 Å². The molecule has 5 heteroatoms. The molecule has 26 heavy (non-hydrogen) atoms. The van der Waals surface area contributed by atoms with E-state index >= 15 is 0 Å². The quantitative estimate of drug-likeness (QED) is 0.594. The topological polar surface area (TPSA) is 66.9 Å². The van der Waals surface area contributed by atoms with Crippen LogP contribution >= 0.6 is 0 Å². The van der Waals surface area contributed by atoms with E-state index in [1.165, 1.54) is 4.57 Å². The van der Waals surface area contributed by atoms with Crippen molar-refractivity contribution in [2.24, 2.45) is 0 Å². The number of fused-ring (bicyclic) bond motifs is 1. The van der Waals surface area contributed by atoms with Gasteiger partial charge in [0.1, 0.15) is 6.54 Å². The minimum atomic E-state index is -0.291. The normalized spacial score (nSPS) is 10.8. The summed E-state index contributed by atoms with van der Waals surface area (Å²) in [5.41, 5.74) is 4.04. The van der Waals surface area contributed by atoms with Crippen molar-refractivity contribution in [3.63, 3.8) is 0 Å². The average molecular weight is 343 g/mol. The number of carbonyl (C=O) groups excluding carboxylic acids is 1. The molecule has 0 unspecified atom stereocenters. The molecule has 0 aliphatic carbocycles. The van der Waals surface area contributed by atoms with Gasteiger partial charge in [0.05, 0.1) is 11.0 Å². The summed E-state index contributed by atoms with van der Waals surface area (Å²) >= 11 is 0. The van der Waals surface area contributed by atoms with Crippen LogP contribution in [-0.4, -0.2) is 15.5 Å². The highest BCUT2D eigenvalue weighted by Crippen LogP contribution is 2.21. The molecule has 0 spiro atoms. The second-order valence-electron chi connectivity index (χ2n) is 6.02. The Morgan fingerprint density at radius 1 is 0.846 bits per heavy atom. The van der Waals surface area contributed by atoms with E-state index in [2.05, 4.69) is 10.3 Å². The summed E-state index contributed by atoms with van der Waals surface area (Å²) in [6.45, 7) is -0.0384. The van der Waals surface area contributed by atoms with E-state index in [4.69, 9.17) is 0 Å². The van der Waals surface area contributed by atoms with E-state index in [9.17, 15) is 9.59 Å². The molecule has 1 aromatic heterocycles. The fraction of sp³-hybridized carbons (Fsp3) is 0.0476. The van der Waals surface area contributed by atoms with E-state index in [1.54, 1.807) is 0 Å². The number of nitrogens with zero attached hydrogens (tertiary/aromatic N) is 1. The number of aromatic amines is 1. The monoisotopic (exact) mass is 343 g/mol. The minimum Gasteiger partial charge on any atom is -0.325 e. The number of nitrogens with one attached hydrogen (secondary N) is 2. The number of hydrogen-bond donors (Lipinski definition) is 2. The van der Waals surface area contributed by atoms with Crippen molar-refractivity contribution in [1.29, 1.82) is 0 Å². The second-order valence-corrected chi connectivity index (χ2v) is 6.02. The van der Waals surface area contributed by atoms with Crippen LogP contribution < -0.4 is 11.0 Å². The summed E-state index contributed by atoms with van der Waals surface area (Å²) in [6, 6.07) is 25.0. The van der Waals surface area contributed by atoms with Gasteiger partial charge in [-0.15, -0.1) is 0 Å². The smallest absolute Gasteiger partial charge is 0.325 e. The maximum Gasteiger partial charge on any atom is 0.326 e. The van der Waals surface area contributed by atoms with Crippen LogP contribution in [-0.2, 0) is 11.3 Å². The van der Waals surface area contributed by atoms with Crippen molar-refractivity contribution in [2.75, 3.05) is 5.32 Å². The number of amides is 1. The van der Waals surface area contributed by atoms with Crippen molar-refractivity contribution in [3.05, 3.63) is 89.3 Å². The zero-order valence-corrected chi connectivity index (χ0v) is 14.0. The number of carbonyl (C=O) groups is 1. The van der Waals surface area contributed by atoms with Crippen LogP contribution in [0, 0.1) is 0 Å². The van der Waals surface area contributed by atoms with Crippen molar-refractivity contribution in [1.82, 2.24) is 9.55 Å². The van der Waals surface area contributed by atoms with Crippen molar-refractivity contribution in [2.45, 2.75) is 6.54 Å². The fourth-order valence-electron chi connectivity index (χ4n) is 2.98. The van der Waals surface area contributed by atoms with E-state index < -0.39 is 0 Å². The highest BCUT2D eigenvalue weighted by Gasteiger charge is 2.10. The molecule has 128 valence electrons. The molecular weight excluding hydrogens is 326 g/mol. The predicted octanol–water partition coefficient (Wildman–Crippen LogP) is 3.64. The molecule has 0 saturated carbocycles. The van der Waals surface area contributed by atoms with E-state index in [0.717, 1.165) is 16.6 Å². The summed E-state index contributed by atoms with van der Waals surface area (Å²) in [5.74, 6) is -0.246. The molecule has 0 fully saturated rings. The molecule has 0 aliphatic rings. The van der Waals surface area contributed by atoms with Crippen LogP contribution in [0.25, 0.3) is 22.2 Å². The Morgan fingerprint density at radius 3 is 2.27 bits per heavy atom. The predicted molar refractivity (Wildman–Crippen MR) is 103 cm³/mol. The van der Waals surface area contributed by atoms with Gasteiger partial charge in [-0.25, -0.2) is 4.79 Å². The zero-order chi connectivity index (χ0) is 17.9. The first kappa shape index (κ1) is 15.9. The number of rotatable bonds is 4. The first-order chi connectivity index (χ1) is 12.7. The lowest BCUT2D eigenvalue weighted by Crippen LogP contribution is -2.25. The van der Waals surface area contributed by atoms with Crippen LogP contribution in [0.5, 0.6) is 0 Å². The van der Waals surface area contributed by atoms with Gasteiger partial charge in [-0.1, -0.05) is 54.6 Å². The van der Waals surface area contributed by atoms with Crippen LogP contribution in [0.3, 0.4) is 0 Å². The van der Waals surface area contributed by atoms with Crippen LogP contribution in [0.2, 0.25) is 0 Å². The lowest BCUT2D eigenvalue weighted by molar-refractivity contribution is -0.116. The minimum absolute atomic E-state index is 0.0384. The van der Waals surface area contributed by atoms with Gasteiger partial charge in [0.15, 0.2) is 0 Å². The van der Waals surface area contributed by atoms with Gasteiger partial charge in [0, 0.05) is 5.69 Å².